The van der Waals surface area contributed by atoms with Crippen LogP contribution in [0.2, 0.25) is 0 Å². The van der Waals surface area contributed by atoms with Crippen molar-refractivity contribution in [2.45, 2.75) is 53.5 Å². The summed E-state index contributed by atoms with van der Waals surface area (Å²) in [5.74, 6) is 0.631. The molecule has 0 spiro atoms. The van der Waals surface area contributed by atoms with Gasteiger partial charge in [0.15, 0.2) is 11.2 Å². The van der Waals surface area contributed by atoms with Gasteiger partial charge in [-0.25, -0.2) is 4.79 Å². The number of unbranched alkanes of at least 4 members (excludes halogenated alkanes) is 1. The van der Waals surface area contributed by atoms with E-state index in [2.05, 4.69) is 31.2 Å². The number of hydrogen-bond acceptors (Lipinski definition) is 4. The van der Waals surface area contributed by atoms with Gasteiger partial charge < -0.3 is 4.74 Å². The second-order valence-electron chi connectivity index (χ2n) is 8.19. The molecule has 0 fully saturated rings. The number of benzene rings is 1. The van der Waals surface area contributed by atoms with Crippen molar-refractivity contribution in [3.8, 4) is 5.69 Å². The number of rotatable bonds is 8. The topological polar surface area (TPSA) is 75.5 Å². The minimum atomic E-state index is -0.385. The van der Waals surface area contributed by atoms with Crippen LogP contribution >= 0.6 is 0 Å². The van der Waals surface area contributed by atoms with Crippen LogP contribution in [0.3, 0.4) is 0 Å². The molecular weight excluding hydrogens is 406 g/mol. The van der Waals surface area contributed by atoms with E-state index in [0.717, 1.165) is 23.5 Å². The van der Waals surface area contributed by atoms with Crippen LogP contribution in [0.25, 0.3) is 22.6 Å². The molecule has 8 heteroatoms. The van der Waals surface area contributed by atoms with E-state index in [4.69, 9.17) is 9.72 Å². The summed E-state index contributed by atoms with van der Waals surface area (Å²) in [6, 6.07) is 8.48. The molecule has 170 valence electrons. The average Bonchev–Trinajstić information content (AvgIpc) is 3.29. The van der Waals surface area contributed by atoms with Crippen LogP contribution in [0.4, 0.5) is 0 Å². The summed E-state index contributed by atoms with van der Waals surface area (Å²) in [6.07, 6.45) is 3.40. The first-order valence-electron chi connectivity index (χ1n) is 11.3. The Hall–Kier alpha value is -3.13. The van der Waals surface area contributed by atoms with Crippen LogP contribution < -0.4 is 11.2 Å². The molecule has 8 nitrogen and oxygen atoms in total. The maximum atomic E-state index is 13.3. The number of ether oxygens (including phenoxy) is 1. The summed E-state index contributed by atoms with van der Waals surface area (Å²) in [5.41, 5.74) is 4.29. The molecule has 0 atom stereocenters. The first kappa shape index (κ1) is 22.1. The lowest BCUT2D eigenvalue weighted by Gasteiger charge is -2.09. The van der Waals surface area contributed by atoms with Crippen LogP contribution in [0.1, 0.15) is 43.6 Å². The molecule has 4 rings (SSSR count). The van der Waals surface area contributed by atoms with Gasteiger partial charge in [0.05, 0.1) is 13.2 Å². The van der Waals surface area contributed by atoms with Crippen molar-refractivity contribution in [3.05, 3.63) is 62.1 Å². The molecule has 0 aliphatic carbocycles. The molecule has 0 bridgehead atoms. The quantitative estimate of drug-likeness (QED) is 0.397. The van der Waals surface area contributed by atoms with Crippen molar-refractivity contribution in [1.82, 2.24) is 23.1 Å². The van der Waals surface area contributed by atoms with E-state index in [1.807, 2.05) is 29.7 Å². The van der Waals surface area contributed by atoms with Gasteiger partial charge in [-0.1, -0.05) is 25.5 Å². The Morgan fingerprint density at radius 1 is 1.03 bits per heavy atom. The fourth-order valence-corrected chi connectivity index (χ4v) is 4.25. The van der Waals surface area contributed by atoms with Crippen LogP contribution in [0.15, 0.2) is 33.9 Å². The third kappa shape index (κ3) is 3.48. The van der Waals surface area contributed by atoms with E-state index in [-0.39, 0.29) is 17.8 Å². The zero-order valence-corrected chi connectivity index (χ0v) is 19.5. The molecule has 0 saturated heterocycles. The van der Waals surface area contributed by atoms with Gasteiger partial charge in [-0.05, 0) is 51.3 Å². The summed E-state index contributed by atoms with van der Waals surface area (Å²) < 4.78 is 12.0. The average molecular weight is 438 g/mol. The zero-order chi connectivity index (χ0) is 23.0. The molecular formula is C24H31N5O3. The largest absolute Gasteiger partial charge is 0.380 e. The first-order chi connectivity index (χ1) is 15.4. The highest BCUT2D eigenvalue weighted by molar-refractivity contribution is 5.77. The van der Waals surface area contributed by atoms with E-state index in [9.17, 15) is 9.59 Å². The Morgan fingerprint density at radius 3 is 2.41 bits per heavy atom. The lowest BCUT2D eigenvalue weighted by molar-refractivity contribution is 0.137. The Kier molecular flexibility index (Phi) is 6.06. The molecule has 4 aromatic rings. The summed E-state index contributed by atoms with van der Waals surface area (Å²) in [6.45, 7) is 9.13. The van der Waals surface area contributed by atoms with E-state index in [1.54, 1.807) is 7.05 Å². The van der Waals surface area contributed by atoms with Crippen molar-refractivity contribution < 1.29 is 4.74 Å². The molecule has 0 saturated carbocycles. The monoisotopic (exact) mass is 437 g/mol. The number of fused-ring (bicyclic) bond motifs is 3. The van der Waals surface area contributed by atoms with Gasteiger partial charge in [-0.3, -0.25) is 22.9 Å². The molecule has 0 radical (unpaired) electrons. The van der Waals surface area contributed by atoms with Gasteiger partial charge in [-0.2, -0.15) is 4.98 Å². The van der Waals surface area contributed by atoms with Gasteiger partial charge in [0.2, 0.25) is 5.78 Å². The highest BCUT2D eigenvalue weighted by Crippen LogP contribution is 2.25. The number of aromatic nitrogens is 5. The highest BCUT2D eigenvalue weighted by atomic mass is 16.5. The molecule has 32 heavy (non-hydrogen) atoms. The summed E-state index contributed by atoms with van der Waals surface area (Å²) in [7, 11) is 1.66. The summed E-state index contributed by atoms with van der Waals surface area (Å²) in [5, 5.41) is 0. The van der Waals surface area contributed by atoms with Crippen molar-refractivity contribution in [2.75, 3.05) is 13.2 Å². The van der Waals surface area contributed by atoms with Crippen LogP contribution in [-0.4, -0.2) is 36.3 Å². The number of nitrogens with zero attached hydrogens (tertiary/aromatic N) is 5. The lowest BCUT2D eigenvalue weighted by Crippen LogP contribution is -2.40. The predicted molar refractivity (Wildman–Crippen MR) is 126 cm³/mol. The lowest BCUT2D eigenvalue weighted by atomic mass is 10.1. The van der Waals surface area contributed by atoms with E-state index < -0.39 is 0 Å². The molecule has 0 N–H and O–H groups in total. The number of imidazole rings is 2. The molecule has 0 unspecified atom stereocenters. The Bertz CT molecular complexity index is 1390. The second kappa shape index (κ2) is 8.78. The van der Waals surface area contributed by atoms with Crippen molar-refractivity contribution >= 4 is 16.9 Å². The minimum absolute atomic E-state index is 0.209. The number of hydrogen-bond donors (Lipinski definition) is 0. The molecule has 0 amide bonds. The van der Waals surface area contributed by atoms with Crippen LogP contribution in [0, 0.1) is 13.8 Å². The fraction of sp³-hybridized carbons (Fsp3) is 0.458. The Labute approximate surface area is 186 Å². The van der Waals surface area contributed by atoms with Gasteiger partial charge in [0, 0.05) is 30.7 Å². The third-order valence-electron chi connectivity index (χ3n) is 6.20. The standard InChI is InChI=1S/C24H31N5O3/c1-6-8-9-18-10-12-19(13-11-18)28-16(3)17(4)29-20-21(25-23(28)29)26(5)24(31)27(22(20)30)14-15-32-7-2/h10-13H,6-9,14-15H2,1-5H3. The molecule has 0 aliphatic rings. The Balaban J connectivity index is 1.93. The van der Waals surface area contributed by atoms with E-state index in [0.29, 0.717) is 30.2 Å². The van der Waals surface area contributed by atoms with Crippen molar-refractivity contribution in [1.29, 1.82) is 0 Å². The van der Waals surface area contributed by atoms with E-state index >= 15 is 0 Å². The smallest absolute Gasteiger partial charge is 0.332 e. The van der Waals surface area contributed by atoms with Gasteiger partial charge >= 0.3 is 5.69 Å². The second-order valence-corrected chi connectivity index (χ2v) is 8.19. The fourth-order valence-electron chi connectivity index (χ4n) is 4.25. The highest BCUT2D eigenvalue weighted by Gasteiger charge is 2.23. The maximum absolute atomic E-state index is 13.3. The molecule has 1 aromatic carbocycles. The Morgan fingerprint density at radius 2 is 1.75 bits per heavy atom. The van der Waals surface area contributed by atoms with Crippen molar-refractivity contribution in [2.24, 2.45) is 7.05 Å². The van der Waals surface area contributed by atoms with Gasteiger partial charge in [0.25, 0.3) is 5.56 Å². The first-order valence-corrected chi connectivity index (χ1v) is 11.3. The zero-order valence-electron chi connectivity index (χ0n) is 19.5. The van der Waals surface area contributed by atoms with Gasteiger partial charge in [-0.15, -0.1) is 0 Å². The molecule has 3 aromatic heterocycles. The maximum Gasteiger partial charge on any atom is 0.332 e. The SMILES string of the molecule is CCCCc1ccc(-n2c(C)c(C)n3c4c(=O)n(CCOCC)c(=O)n(C)c4nc23)cc1. The van der Waals surface area contributed by atoms with Crippen molar-refractivity contribution in [3.63, 3.8) is 0 Å². The third-order valence-corrected chi connectivity index (χ3v) is 6.20. The van der Waals surface area contributed by atoms with Crippen LogP contribution in [0.5, 0.6) is 0 Å². The van der Waals surface area contributed by atoms with Gasteiger partial charge in [0.1, 0.15) is 0 Å². The molecule has 0 aliphatic heterocycles. The predicted octanol–water partition coefficient (Wildman–Crippen LogP) is 3.13. The van der Waals surface area contributed by atoms with E-state index in [1.165, 1.54) is 27.5 Å². The number of aryl methyl sites for hydroxylation is 3. The summed E-state index contributed by atoms with van der Waals surface area (Å²) in [4.78, 5) is 30.9. The minimum Gasteiger partial charge on any atom is -0.380 e. The molecule has 3 heterocycles. The normalized spacial score (nSPS) is 11.8. The van der Waals surface area contributed by atoms with Crippen LogP contribution in [-0.2, 0) is 24.8 Å². The summed E-state index contributed by atoms with van der Waals surface area (Å²) >= 11 is 0.